The zero-order valence-corrected chi connectivity index (χ0v) is 25.0. The molecule has 0 bridgehead atoms. The van der Waals surface area contributed by atoms with Crippen LogP contribution in [0.5, 0.6) is 0 Å². The van der Waals surface area contributed by atoms with Gasteiger partial charge in [0.15, 0.2) is 17.3 Å². The van der Waals surface area contributed by atoms with Crippen molar-refractivity contribution in [2.45, 2.75) is 83.1 Å². The van der Waals surface area contributed by atoms with E-state index >= 15 is 0 Å². The standard InChI is InChI=1S/C29H42N8O4/c1-18(34-26(38)35-20-10-8-19(9-11-20)27(2,3)4)12-13-36(7)14-21-23-29(15-39-21,41-28(5,6)40-23)37-17-33-22-24(30)31-16-32-25(22)37/h8-11,16-18,21,23H,12-15H2,1-7H3,(H2,30,31,32)(H2,34,35,38)/t18-,21+,23+,29+/m0/s1. The van der Waals surface area contributed by atoms with Crippen LogP contribution in [-0.2, 0) is 25.4 Å². The van der Waals surface area contributed by atoms with Crippen molar-refractivity contribution < 1.29 is 19.0 Å². The summed E-state index contributed by atoms with van der Waals surface area (Å²) >= 11 is 0. The quantitative estimate of drug-likeness (QED) is 0.374. The van der Waals surface area contributed by atoms with Crippen LogP contribution >= 0.6 is 0 Å². The number of hydrogen-bond donors (Lipinski definition) is 3. The van der Waals surface area contributed by atoms with Crippen LogP contribution in [0.15, 0.2) is 36.9 Å². The maximum atomic E-state index is 12.6. The summed E-state index contributed by atoms with van der Waals surface area (Å²) in [6.45, 7) is 13.9. The molecule has 0 saturated carbocycles. The molecule has 222 valence electrons. The number of rotatable bonds is 8. The minimum absolute atomic E-state index is 0.0256. The molecule has 0 unspecified atom stereocenters. The maximum Gasteiger partial charge on any atom is 0.319 e. The van der Waals surface area contributed by atoms with Crippen LogP contribution in [0.25, 0.3) is 11.2 Å². The van der Waals surface area contributed by atoms with Gasteiger partial charge in [0.1, 0.15) is 24.1 Å². The molecule has 4 N–H and O–H groups in total. The third-order valence-electron chi connectivity index (χ3n) is 7.71. The smallest absolute Gasteiger partial charge is 0.319 e. The number of nitrogens with zero attached hydrogens (tertiary/aromatic N) is 5. The van der Waals surface area contributed by atoms with E-state index in [2.05, 4.69) is 51.3 Å². The Morgan fingerprint density at radius 1 is 1.22 bits per heavy atom. The SMILES string of the molecule is C[C@@H](CCN(C)C[C@H]1OC[C@@]2(n3cnc4c(N)ncnc43)OC(C)(C)O[C@H]12)NC(=O)Nc1ccc(C(C)(C)C)cc1. The molecule has 0 aliphatic carbocycles. The Morgan fingerprint density at radius 3 is 2.66 bits per heavy atom. The average Bonchev–Trinajstić information content (AvgIpc) is 3.53. The summed E-state index contributed by atoms with van der Waals surface area (Å²) in [6, 6.07) is 7.72. The Bertz CT molecular complexity index is 1390. The van der Waals surface area contributed by atoms with E-state index in [1.165, 1.54) is 11.9 Å². The van der Waals surface area contributed by atoms with Gasteiger partial charge in [-0.15, -0.1) is 0 Å². The maximum absolute atomic E-state index is 12.6. The van der Waals surface area contributed by atoms with Crippen LogP contribution in [0.4, 0.5) is 16.3 Å². The first kappa shape index (κ1) is 29.2. The number of carbonyl (C=O) groups is 1. The van der Waals surface area contributed by atoms with Gasteiger partial charge in [-0.3, -0.25) is 4.57 Å². The molecule has 1 aromatic carbocycles. The number of anilines is 2. The number of urea groups is 1. The molecule has 2 amide bonds. The van der Waals surface area contributed by atoms with Gasteiger partial charge in [0, 0.05) is 18.3 Å². The van der Waals surface area contributed by atoms with E-state index in [-0.39, 0.29) is 36.3 Å². The Morgan fingerprint density at radius 2 is 1.95 bits per heavy atom. The number of amides is 2. The van der Waals surface area contributed by atoms with Gasteiger partial charge in [-0.25, -0.2) is 19.7 Å². The van der Waals surface area contributed by atoms with E-state index < -0.39 is 11.5 Å². The zero-order valence-electron chi connectivity index (χ0n) is 25.0. The second-order valence-corrected chi connectivity index (χ2v) is 12.7. The first-order valence-electron chi connectivity index (χ1n) is 14.1. The van der Waals surface area contributed by atoms with Gasteiger partial charge in [0.25, 0.3) is 0 Å². The predicted octanol–water partition coefficient (Wildman–Crippen LogP) is 3.44. The van der Waals surface area contributed by atoms with E-state index in [1.807, 2.05) is 56.7 Å². The number of imidazole rings is 1. The van der Waals surface area contributed by atoms with E-state index in [9.17, 15) is 4.79 Å². The van der Waals surface area contributed by atoms with Crippen LogP contribution in [0, 0.1) is 0 Å². The van der Waals surface area contributed by atoms with Crippen molar-refractivity contribution in [3.05, 3.63) is 42.5 Å². The van der Waals surface area contributed by atoms with Crippen LogP contribution in [-0.4, -0.2) is 81.2 Å². The van der Waals surface area contributed by atoms with Crippen LogP contribution in [0.2, 0.25) is 0 Å². The number of nitrogens with one attached hydrogen (secondary N) is 2. The molecule has 5 rings (SSSR count). The minimum atomic E-state index is -0.928. The Hall–Kier alpha value is -3.32. The van der Waals surface area contributed by atoms with E-state index in [0.29, 0.717) is 23.5 Å². The second-order valence-electron chi connectivity index (χ2n) is 12.7. The first-order chi connectivity index (χ1) is 19.3. The molecule has 41 heavy (non-hydrogen) atoms. The third kappa shape index (κ3) is 6.01. The van der Waals surface area contributed by atoms with Crippen molar-refractivity contribution in [2.75, 3.05) is 37.8 Å². The van der Waals surface area contributed by atoms with Gasteiger partial charge < -0.3 is 35.5 Å². The first-order valence-corrected chi connectivity index (χ1v) is 14.1. The van der Waals surface area contributed by atoms with E-state index in [1.54, 1.807) is 6.33 Å². The van der Waals surface area contributed by atoms with Crippen molar-refractivity contribution in [1.29, 1.82) is 0 Å². The van der Waals surface area contributed by atoms with Crippen molar-refractivity contribution in [3.63, 3.8) is 0 Å². The monoisotopic (exact) mass is 566 g/mol. The highest BCUT2D eigenvalue weighted by Crippen LogP contribution is 2.47. The lowest BCUT2D eigenvalue weighted by Crippen LogP contribution is -2.46. The molecular weight excluding hydrogens is 524 g/mol. The van der Waals surface area contributed by atoms with Crippen molar-refractivity contribution in [1.82, 2.24) is 29.7 Å². The number of benzene rings is 1. The van der Waals surface area contributed by atoms with Crippen molar-refractivity contribution in [2.24, 2.45) is 0 Å². The average molecular weight is 567 g/mol. The van der Waals surface area contributed by atoms with E-state index in [4.69, 9.17) is 19.9 Å². The number of ether oxygens (including phenoxy) is 3. The summed E-state index contributed by atoms with van der Waals surface area (Å²) < 4.78 is 21.0. The Balaban J connectivity index is 1.16. The summed E-state index contributed by atoms with van der Waals surface area (Å²) in [5, 5.41) is 5.96. The Kier molecular flexibility index (Phi) is 7.70. The van der Waals surface area contributed by atoms with Gasteiger partial charge in [-0.1, -0.05) is 32.9 Å². The van der Waals surface area contributed by atoms with E-state index in [0.717, 1.165) is 18.7 Å². The predicted molar refractivity (Wildman–Crippen MR) is 156 cm³/mol. The largest absolute Gasteiger partial charge is 0.382 e. The fourth-order valence-corrected chi connectivity index (χ4v) is 5.56. The number of hydrogen-bond acceptors (Lipinski definition) is 9. The highest BCUT2D eigenvalue weighted by molar-refractivity contribution is 5.89. The molecule has 0 spiro atoms. The van der Waals surface area contributed by atoms with Gasteiger partial charge in [0.2, 0.25) is 5.72 Å². The molecule has 2 aliphatic rings. The number of nitrogen functional groups attached to an aromatic ring is 1. The lowest BCUT2D eigenvalue weighted by Gasteiger charge is -2.29. The van der Waals surface area contributed by atoms with Gasteiger partial charge in [-0.2, -0.15) is 0 Å². The second kappa shape index (κ2) is 10.8. The Labute approximate surface area is 241 Å². The molecule has 3 aromatic rings. The minimum Gasteiger partial charge on any atom is -0.382 e. The number of nitrogens with two attached hydrogens (primary N) is 1. The van der Waals surface area contributed by atoms with Crippen LogP contribution in [0.3, 0.4) is 0 Å². The van der Waals surface area contributed by atoms with Crippen molar-refractivity contribution >= 4 is 28.7 Å². The summed E-state index contributed by atoms with van der Waals surface area (Å²) in [6.07, 6.45) is 3.21. The van der Waals surface area contributed by atoms with Crippen LogP contribution < -0.4 is 16.4 Å². The normalized spacial score (nSPS) is 24.5. The van der Waals surface area contributed by atoms with Crippen LogP contribution in [0.1, 0.15) is 53.5 Å². The highest BCUT2D eigenvalue weighted by atomic mass is 16.8. The fraction of sp³-hybridized carbons (Fsp3) is 0.586. The lowest BCUT2D eigenvalue weighted by molar-refractivity contribution is -0.205. The summed E-state index contributed by atoms with van der Waals surface area (Å²) in [4.78, 5) is 27.6. The molecule has 12 nitrogen and oxygen atoms in total. The third-order valence-corrected chi connectivity index (χ3v) is 7.71. The lowest BCUT2D eigenvalue weighted by atomic mass is 9.87. The fourth-order valence-electron chi connectivity index (χ4n) is 5.56. The summed E-state index contributed by atoms with van der Waals surface area (Å²) in [5.41, 5.74) is 8.24. The van der Waals surface area contributed by atoms with Gasteiger partial charge in [-0.05, 0) is 63.9 Å². The highest BCUT2D eigenvalue weighted by Gasteiger charge is 2.63. The zero-order chi connectivity index (χ0) is 29.6. The van der Waals surface area contributed by atoms with Gasteiger partial charge in [0.05, 0.1) is 12.9 Å². The number of carbonyl (C=O) groups excluding carboxylic acids is 1. The number of fused-ring (bicyclic) bond motifs is 2. The molecular formula is C29H42N8O4. The summed E-state index contributed by atoms with van der Waals surface area (Å²) in [7, 11) is 2.04. The molecule has 2 fully saturated rings. The molecule has 0 radical (unpaired) electrons. The summed E-state index contributed by atoms with van der Waals surface area (Å²) in [5.74, 6) is -0.510. The molecule has 4 heterocycles. The molecule has 2 saturated heterocycles. The topological polar surface area (TPSA) is 142 Å². The van der Waals surface area contributed by atoms with Gasteiger partial charge >= 0.3 is 6.03 Å². The molecule has 4 atom stereocenters. The molecule has 2 aromatic heterocycles. The number of aromatic nitrogens is 4. The number of likely N-dealkylation sites (N-methyl/N-ethyl adjacent to an activating group) is 1. The van der Waals surface area contributed by atoms with Crippen molar-refractivity contribution in [3.8, 4) is 0 Å². The molecule has 2 aliphatic heterocycles. The molecule has 12 heteroatoms.